The molecule has 30 heavy (non-hydrogen) atoms. The summed E-state index contributed by atoms with van der Waals surface area (Å²) in [5, 5.41) is 5.02. The Hall–Kier alpha value is -1.92. The first-order valence-electron chi connectivity index (χ1n) is 11.1. The Morgan fingerprint density at radius 1 is 1.17 bits per heavy atom. The van der Waals surface area contributed by atoms with Crippen molar-refractivity contribution >= 4 is 17.5 Å². The van der Waals surface area contributed by atoms with Gasteiger partial charge < -0.3 is 4.90 Å². The number of aromatic nitrogens is 3. The number of halogens is 1. The van der Waals surface area contributed by atoms with Crippen molar-refractivity contribution in [1.82, 2.24) is 25.4 Å². The Morgan fingerprint density at radius 3 is 2.50 bits per heavy atom. The third-order valence-electron chi connectivity index (χ3n) is 7.11. The van der Waals surface area contributed by atoms with E-state index in [2.05, 4.69) is 10.1 Å². The van der Waals surface area contributed by atoms with Crippen LogP contribution in [-0.2, 0) is 17.8 Å². The predicted octanol–water partition coefficient (Wildman–Crippen LogP) is 3.80. The van der Waals surface area contributed by atoms with E-state index in [0.717, 1.165) is 24.9 Å². The first kappa shape index (κ1) is 21.3. The molecule has 1 amide bonds. The van der Waals surface area contributed by atoms with E-state index in [1.807, 2.05) is 21.7 Å². The maximum absolute atomic E-state index is 12.9. The van der Waals surface area contributed by atoms with Crippen LogP contribution < -0.4 is 5.73 Å². The number of amides is 1. The van der Waals surface area contributed by atoms with E-state index in [1.165, 1.54) is 32.1 Å². The van der Waals surface area contributed by atoms with Gasteiger partial charge in [0.05, 0.1) is 0 Å². The van der Waals surface area contributed by atoms with Crippen molar-refractivity contribution in [2.24, 2.45) is 11.3 Å². The maximum atomic E-state index is 12.9. The number of benzene rings is 1. The SMILES string of the molecule is [N][C@H](Cc1ccc(Cl)cc1)C(=O)N1CCC(Cn2cncn2)(C2CCCCC2)CC1. The number of rotatable bonds is 6. The molecule has 2 fully saturated rings. The van der Waals surface area contributed by atoms with Gasteiger partial charge in [-0.15, -0.1) is 5.73 Å². The molecule has 7 heteroatoms. The van der Waals surface area contributed by atoms with Crippen molar-refractivity contribution in [2.75, 3.05) is 13.1 Å². The highest BCUT2D eigenvalue weighted by Gasteiger charge is 2.43. The van der Waals surface area contributed by atoms with Crippen LogP contribution in [0.15, 0.2) is 36.9 Å². The zero-order valence-electron chi connectivity index (χ0n) is 17.4. The minimum absolute atomic E-state index is 0.159. The lowest BCUT2D eigenvalue weighted by molar-refractivity contribution is -0.136. The second-order valence-corrected chi connectivity index (χ2v) is 9.40. The second-order valence-electron chi connectivity index (χ2n) is 8.96. The zero-order valence-corrected chi connectivity index (χ0v) is 18.2. The first-order valence-corrected chi connectivity index (χ1v) is 11.5. The minimum atomic E-state index is -1.01. The summed E-state index contributed by atoms with van der Waals surface area (Å²) in [5.41, 5.74) is 11.6. The van der Waals surface area contributed by atoms with Crippen LogP contribution in [0.4, 0.5) is 0 Å². The Morgan fingerprint density at radius 2 is 1.87 bits per heavy atom. The van der Waals surface area contributed by atoms with Gasteiger partial charge >= 0.3 is 0 Å². The first-order chi connectivity index (χ1) is 14.6. The standard InChI is InChI=1S/C23H30ClN5O/c24-20-8-6-18(7-9-20)14-21(25)22(30)28-12-10-23(11-13-28,15-29-17-26-16-27-29)19-4-2-1-3-5-19/h6-9,16-17,19,21H,1-5,10-15H2/t21-/m1/s1. The van der Waals surface area contributed by atoms with Crippen molar-refractivity contribution in [3.05, 3.63) is 47.5 Å². The van der Waals surface area contributed by atoms with Crippen LogP contribution in [0.1, 0.15) is 50.5 Å². The van der Waals surface area contributed by atoms with Crippen LogP contribution in [-0.4, -0.2) is 44.7 Å². The molecule has 2 heterocycles. The van der Waals surface area contributed by atoms with E-state index < -0.39 is 6.04 Å². The Bertz CT molecular complexity index is 809. The molecule has 1 aliphatic heterocycles. The average Bonchev–Trinajstić information content (AvgIpc) is 3.29. The summed E-state index contributed by atoms with van der Waals surface area (Å²) in [5.74, 6) is 0.509. The topological polar surface area (TPSA) is 73.3 Å². The number of hydrogen-bond donors (Lipinski definition) is 0. The monoisotopic (exact) mass is 427 g/mol. The molecular weight excluding hydrogens is 398 g/mol. The molecular formula is C23H30ClN5O. The molecule has 1 aromatic carbocycles. The van der Waals surface area contributed by atoms with Gasteiger partial charge in [0.2, 0.25) is 5.91 Å². The Balaban J connectivity index is 1.40. The number of hydrogen-bond acceptors (Lipinski definition) is 3. The van der Waals surface area contributed by atoms with Gasteiger partial charge in [0.25, 0.3) is 0 Å². The highest BCUT2D eigenvalue weighted by Crippen LogP contribution is 2.47. The number of carbonyl (C=O) groups is 1. The Labute approximate surface area is 183 Å². The number of nitrogens with zero attached hydrogens (tertiary/aromatic N) is 5. The molecule has 2 aliphatic rings. The summed E-state index contributed by atoms with van der Waals surface area (Å²) < 4.78 is 1.96. The van der Waals surface area contributed by atoms with Crippen LogP contribution in [0.2, 0.25) is 5.02 Å². The lowest BCUT2D eigenvalue weighted by atomic mass is 9.63. The summed E-state index contributed by atoms with van der Waals surface area (Å²) in [6.45, 7) is 2.26. The molecule has 1 aliphatic carbocycles. The van der Waals surface area contributed by atoms with Crippen molar-refractivity contribution in [2.45, 2.75) is 64.0 Å². The quantitative estimate of drug-likeness (QED) is 0.703. The fourth-order valence-electron chi connectivity index (χ4n) is 5.36. The normalized spacial score (nSPS) is 20.8. The summed E-state index contributed by atoms with van der Waals surface area (Å²) in [6.07, 6.45) is 12.1. The maximum Gasteiger partial charge on any atom is 0.243 e. The fourth-order valence-corrected chi connectivity index (χ4v) is 5.49. The molecule has 6 nitrogen and oxygen atoms in total. The molecule has 160 valence electrons. The van der Waals surface area contributed by atoms with E-state index in [0.29, 0.717) is 30.5 Å². The summed E-state index contributed by atoms with van der Waals surface area (Å²) in [4.78, 5) is 18.9. The molecule has 0 N–H and O–H groups in total. The summed E-state index contributed by atoms with van der Waals surface area (Å²) in [7, 11) is 0. The summed E-state index contributed by atoms with van der Waals surface area (Å²) >= 11 is 5.93. The fraction of sp³-hybridized carbons (Fsp3) is 0.609. The van der Waals surface area contributed by atoms with Crippen LogP contribution in [0.5, 0.6) is 0 Å². The highest BCUT2D eigenvalue weighted by atomic mass is 35.5. The van der Waals surface area contributed by atoms with E-state index in [-0.39, 0.29) is 11.3 Å². The van der Waals surface area contributed by atoms with Crippen molar-refractivity contribution in [3.8, 4) is 0 Å². The molecule has 2 aromatic rings. The number of likely N-dealkylation sites (tertiary alicyclic amines) is 1. The molecule has 0 bridgehead atoms. The van der Waals surface area contributed by atoms with Crippen molar-refractivity contribution in [1.29, 1.82) is 0 Å². The van der Waals surface area contributed by atoms with Gasteiger partial charge in [0.15, 0.2) is 0 Å². The van der Waals surface area contributed by atoms with Crippen LogP contribution in [0.3, 0.4) is 0 Å². The predicted molar refractivity (Wildman–Crippen MR) is 116 cm³/mol. The third kappa shape index (κ3) is 4.86. The highest BCUT2D eigenvalue weighted by molar-refractivity contribution is 6.30. The lowest BCUT2D eigenvalue weighted by Gasteiger charge is -2.48. The van der Waals surface area contributed by atoms with Gasteiger partial charge in [-0.2, -0.15) is 5.10 Å². The van der Waals surface area contributed by atoms with E-state index in [1.54, 1.807) is 24.8 Å². The molecule has 1 atom stereocenters. The third-order valence-corrected chi connectivity index (χ3v) is 7.36. The second kappa shape index (κ2) is 9.48. The van der Waals surface area contributed by atoms with Gasteiger partial charge in [-0.05, 0) is 61.1 Å². The molecule has 1 saturated heterocycles. The van der Waals surface area contributed by atoms with Gasteiger partial charge in [0.1, 0.15) is 18.7 Å². The summed E-state index contributed by atoms with van der Waals surface area (Å²) in [6, 6.07) is 6.29. The number of piperidine rings is 1. The smallest absolute Gasteiger partial charge is 0.243 e. The van der Waals surface area contributed by atoms with Crippen molar-refractivity contribution in [3.63, 3.8) is 0 Å². The average molecular weight is 428 g/mol. The molecule has 4 rings (SSSR count). The van der Waals surface area contributed by atoms with Gasteiger partial charge in [0, 0.05) is 24.7 Å². The number of carbonyl (C=O) groups excluding carboxylic acids is 1. The van der Waals surface area contributed by atoms with Crippen LogP contribution in [0, 0.1) is 11.3 Å². The molecule has 0 unspecified atom stereocenters. The van der Waals surface area contributed by atoms with E-state index in [4.69, 9.17) is 11.6 Å². The van der Waals surface area contributed by atoms with Crippen LogP contribution >= 0.6 is 11.6 Å². The molecule has 0 spiro atoms. The molecule has 2 radical (unpaired) electrons. The molecule has 1 saturated carbocycles. The zero-order chi connectivity index (χ0) is 21.0. The Kier molecular flexibility index (Phi) is 6.74. The van der Waals surface area contributed by atoms with Gasteiger partial charge in [-0.1, -0.05) is 43.0 Å². The van der Waals surface area contributed by atoms with Crippen molar-refractivity contribution < 1.29 is 4.79 Å². The van der Waals surface area contributed by atoms with E-state index >= 15 is 0 Å². The van der Waals surface area contributed by atoms with Gasteiger partial charge in [-0.3, -0.25) is 9.48 Å². The lowest BCUT2D eigenvalue weighted by Crippen LogP contribution is -2.51. The largest absolute Gasteiger partial charge is 0.341 e. The minimum Gasteiger partial charge on any atom is -0.341 e. The van der Waals surface area contributed by atoms with E-state index in [9.17, 15) is 10.5 Å². The van der Waals surface area contributed by atoms with Gasteiger partial charge in [-0.25, -0.2) is 4.98 Å². The molecule has 1 aromatic heterocycles. The van der Waals surface area contributed by atoms with Crippen LogP contribution in [0.25, 0.3) is 0 Å².